The SMILES string of the molecule is O=C(c1cn[nH]c1-c1c(F)cccc1F)N1CCc2cnccc21. The molecule has 0 saturated heterocycles. The molecule has 0 bridgehead atoms. The summed E-state index contributed by atoms with van der Waals surface area (Å²) in [5, 5.41) is 6.35. The van der Waals surface area contributed by atoms with Crippen LogP contribution in [0.3, 0.4) is 0 Å². The second-order valence-electron chi connectivity index (χ2n) is 5.47. The Balaban J connectivity index is 1.78. The van der Waals surface area contributed by atoms with E-state index in [1.165, 1.54) is 12.3 Å². The molecule has 24 heavy (non-hydrogen) atoms. The van der Waals surface area contributed by atoms with E-state index in [1.807, 2.05) is 0 Å². The third kappa shape index (κ3) is 2.17. The first-order valence-corrected chi connectivity index (χ1v) is 7.39. The molecule has 3 aromatic rings. The van der Waals surface area contributed by atoms with E-state index in [4.69, 9.17) is 0 Å². The van der Waals surface area contributed by atoms with E-state index in [1.54, 1.807) is 23.4 Å². The number of carbonyl (C=O) groups is 1. The van der Waals surface area contributed by atoms with Gasteiger partial charge in [0.15, 0.2) is 0 Å². The number of pyridine rings is 1. The minimum absolute atomic E-state index is 0.0399. The minimum Gasteiger partial charge on any atom is -0.308 e. The number of amides is 1. The van der Waals surface area contributed by atoms with E-state index in [0.29, 0.717) is 13.0 Å². The van der Waals surface area contributed by atoms with Crippen LogP contribution in [0.2, 0.25) is 0 Å². The van der Waals surface area contributed by atoms with Crippen molar-refractivity contribution in [2.45, 2.75) is 6.42 Å². The predicted molar refractivity (Wildman–Crippen MR) is 83.6 cm³/mol. The third-order valence-corrected chi connectivity index (χ3v) is 4.10. The lowest BCUT2D eigenvalue weighted by Crippen LogP contribution is -2.29. The fourth-order valence-corrected chi connectivity index (χ4v) is 2.96. The van der Waals surface area contributed by atoms with Crippen LogP contribution >= 0.6 is 0 Å². The summed E-state index contributed by atoms with van der Waals surface area (Å²) in [7, 11) is 0. The maximum Gasteiger partial charge on any atom is 0.262 e. The van der Waals surface area contributed by atoms with E-state index in [2.05, 4.69) is 15.2 Å². The Bertz CT molecular complexity index is 918. The van der Waals surface area contributed by atoms with Crippen molar-refractivity contribution in [3.8, 4) is 11.3 Å². The van der Waals surface area contributed by atoms with Crippen LogP contribution in [0.25, 0.3) is 11.3 Å². The lowest BCUT2D eigenvalue weighted by Gasteiger charge is -2.17. The number of nitrogens with zero attached hydrogens (tertiary/aromatic N) is 3. The molecule has 0 aliphatic carbocycles. The second kappa shape index (κ2) is 5.52. The molecule has 3 heterocycles. The van der Waals surface area contributed by atoms with Gasteiger partial charge < -0.3 is 4.90 Å². The van der Waals surface area contributed by atoms with Crippen LogP contribution in [-0.4, -0.2) is 27.6 Å². The van der Waals surface area contributed by atoms with Crippen molar-refractivity contribution in [1.82, 2.24) is 15.2 Å². The number of hydrogen-bond acceptors (Lipinski definition) is 3. The molecule has 1 aliphatic rings. The number of aromatic amines is 1. The van der Waals surface area contributed by atoms with Gasteiger partial charge in [0, 0.05) is 18.9 Å². The number of halogens is 2. The van der Waals surface area contributed by atoms with Gasteiger partial charge in [0.05, 0.1) is 28.7 Å². The Morgan fingerprint density at radius 3 is 2.75 bits per heavy atom. The van der Waals surface area contributed by atoms with Crippen LogP contribution in [0.5, 0.6) is 0 Å². The van der Waals surface area contributed by atoms with Gasteiger partial charge in [-0.15, -0.1) is 0 Å². The summed E-state index contributed by atoms with van der Waals surface area (Å²) in [6.45, 7) is 0.490. The number of aromatic nitrogens is 3. The monoisotopic (exact) mass is 326 g/mol. The number of hydrogen-bond donors (Lipinski definition) is 1. The van der Waals surface area contributed by atoms with Crippen LogP contribution in [0.15, 0.2) is 42.9 Å². The Morgan fingerprint density at radius 1 is 1.17 bits per heavy atom. The fraction of sp³-hybridized carbons (Fsp3) is 0.118. The van der Waals surface area contributed by atoms with Gasteiger partial charge >= 0.3 is 0 Å². The normalized spacial score (nSPS) is 13.2. The molecule has 7 heteroatoms. The quantitative estimate of drug-likeness (QED) is 0.787. The van der Waals surface area contributed by atoms with E-state index in [0.717, 1.165) is 23.4 Å². The molecule has 0 radical (unpaired) electrons. The average Bonchev–Trinajstić information content (AvgIpc) is 3.21. The number of benzene rings is 1. The van der Waals surface area contributed by atoms with Crippen molar-refractivity contribution in [2.24, 2.45) is 0 Å². The number of anilines is 1. The number of rotatable bonds is 2. The molecular formula is C17H12F2N4O. The molecule has 0 fully saturated rings. The van der Waals surface area contributed by atoms with Gasteiger partial charge in [-0.25, -0.2) is 8.78 Å². The number of nitrogens with one attached hydrogen (secondary N) is 1. The Hall–Kier alpha value is -3.09. The molecule has 4 rings (SSSR count). The standard InChI is InChI=1S/C17H12F2N4O/c18-12-2-1-3-13(19)15(12)16-11(9-21-22-16)17(24)23-7-5-10-8-20-6-4-14(10)23/h1-4,6,8-9H,5,7H2,(H,21,22). The summed E-state index contributed by atoms with van der Waals surface area (Å²) in [4.78, 5) is 18.5. The predicted octanol–water partition coefficient (Wildman–Crippen LogP) is 2.95. The highest BCUT2D eigenvalue weighted by molar-refractivity contribution is 6.10. The highest BCUT2D eigenvalue weighted by Gasteiger charge is 2.29. The summed E-state index contributed by atoms with van der Waals surface area (Å²) < 4.78 is 28.1. The smallest absolute Gasteiger partial charge is 0.262 e. The van der Waals surface area contributed by atoms with Gasteiger partial charge in [0.2, 0.25) is 0 Å². The van der Waals surface area contributed by atoms with Crippen LogP contribution < -0.4 is 4.90 Å². The largest absolute Gasteiger partial charge is 0.308 e. The molecule has 1 N–H and O–H groups in total. The lowest BCUT2D eigenvalue weighted by atomic mass is 10.1. The molecule has 1 aliphatic heterocycles. The van der Waals surface area contributed by atoms with Crippen molar-refractivity contribution in [3.05, 3.63) is 65.6 Å². The first-order valence-electron chi connectivity index (χ1n) is 7.39. The van der Waals surface area contributed by atoms with Crippen LogP contribution in [0.1, 0.15) is 15.9 Å². The summed E-state index contributed by atoms with van der Waals surface area (Å²) in [5.74, 6) is -1.86. The zero-order chi connectivity index (χ0) is 16.7. The minimum atomic E-state index is -0.751. The molecule has 2 aromatic heterocycles. The van der Waals surface area contributed by atoms with Gasteiger partial charge in [-0.05, 0) is 30.2 Å². The highest BCUT2D eigenvalue weighted by Crippen LogP contribution is 2.32. The van der Waals surface area contributed by atoms with Crippen molar-refractivity contribution in [3.63, 3.8) is 0 Å². The van der Waals surface area contributed by atoms with Crippen molar-refractivity contribution < 1.29 is 13.6 Å². The van der Waals surface area contributed by atoms with Gasteiger partial charge in [-0.2, -0.15) is 5.10 Å². The first kappa shape index (κ1) is 14.5. The molecule has 1 amide bonds. The van der Waals surface area contributed by atoms with Crippen LogP contribution in [0.4, 0.5) is 14.5 Å². The van der Waals surface area contributed by atoms with E-state index in [9.17, 15) is 13.6 Å². The summed E-state index contributed by atoms with van der Waals surface area (Å²) >= 11 is 0. The first-order chi connectivity index (χ1) is 11.7. The van der Waals surface area contributed by atoms with Gasteiger partial charge in [0.1, 0.15) is 11.6 Å². The van der Waals surface area contributed by atoms with Gasteiger partial charge in [0.25, 0.3) is 5.91 Å². The van der Waals surface area contributed by atoms with E-state index >= 15 is 0 Å². The summed E-state index contributed by atoms with van der Waals surface area (Å²) in [6.07, 6.45) is 5.31. The average molecular weight is 326 g/mol. The Labute approximate surface area is 136 Å². The van der Waals surface area contributed by atoms with Gasteiger partial charge in [-0.3, -0.25) is 14.9 Å². The second-order valence-corrected chi connectivity index (χ2v) is 5.47. The van der Waals surface area contributed by atoms with Crippen molar-refractivity contribution in [2.75, 3.05) is 11.4 Å². The Morgan fingerprint density at radius 2 is 1.96 bits per heavy atom. The van der Waals surface area contributed by atoms with Crippen molar-refractivity contribution >= 4 is 11.6 Å². The molecule has 1 aromatic carbocycles. The summed E-state index contributed by atoms with van der Waals surface area (Å²) in [6, 6.07) is 5.31. The van der Waals surface area contributed by atoms with E-state index in [-0.39, 0.29) is 22.7 Å². The van der Waals surface area contributed by atoms with Gasteiger partial charge in [-0.1, -0.05) is 6.07 Å². The zero-order valence-electron chi connectivity index (χ0n) is 12.5. The molecule has 0 saturated carbocycles. The van der Waals surface area contributed by atoms with Crippen LogP contribution in [-0.2, 0) is 6.42 Å². The number of H-pyrrole nitrogens is 1. The Kier molecular flexibility index (Phi) is 3.34. The van der Waals surface area contributed by atoms with E-state index < -0.39 is 11.6 Å². The third-order valence-electron chi connectivity index (χ3n) is 4.10. The number of carbonyl (C=O) groups excluding carboxylic acids is 1. The van der Waals surface area contributed by atoms with Crippen molar-refractivity contribution in [1.29, 1.82) is 0 Å². The van der Waals surface area contributed by atoms with Crippen LogP contribution in [0, 0.1) is 11.6 Å². The maximum atomic E-state index is 14.1. The molecule has 0 atom stereocenters. The zero-order valence-corrected chi connectivity index (χ0v) is 12.5. The molecular weight excluding hydrogens is 314 g/mol. The fourth-order valence-electron chi connectivity index (χ4n) is 2.96. The molecule has 0 spiro atoms. The highest BCUT2D eigenvalue weighted by atomic mass is 19.1. The molecule has 120 valence electrons. The number of fused-ring (bicyclic) bond motifs is 1. The maximum absolute atomic E-state index is 14.1. The topological polar surface area (TPSA) is 61.9 Å². The lowest BCUT2D eigenvalue weighted by molar-refractivity contribution is 0.0990. The molecule has 0 unspecified atom stereocenters. The summed E-state index contributed by atoms with van der Waals surface area (Å²) in [5.41, 5.74) is 1.61. The molecule has 5 nitrogen and oxygen atoms in total.